The van der Waals surface area contributed by atoms with Gasteiger partial charge >= 0.3 is 0 Å². The lowest BCUT2D eigenvalue weighted by Crippen LogP contribution is -2.26. The Morgan fingerprint density at radius 2 is 2.04 bits per heavy atom. The van der Waals surface area contributed by atoms with Crippen LogP contribution in [-0.2, 0) is 0 Å². The number of aromatic amines is 1. The van der Waals surface area contributed by atoms with E-state index in [1.165, 1.54) is 0 Å². The van der Waals surface area contributed by atoms with Gasteiger partial charge < -0.3 is 10.6 Å². The van der Waals surface area contributed by atoms with Gasteiger partial charge in [0.15, 0.2) is 0 Å². The van der Waals surface area contributed by atoms with Gasteiger partial charge in [-0.15, -0.1) is 0 Å². The quantitative estimate of drug-likeness (QED) is 0.354. The molecule has 3 aromatic rings. The normalized spacial score (nSPS) is 10.3. The number of amides is 1. The van der Waals surface area contributed by atoms with Gasteiger partial charge in [0.05, 0.1) is 5.69 Å². The number of H-pyrrole nitrogens is 1. The average molecular weight is 351 g/mol. The second-order valence-corrected chi connectivity index (χ2v) is 5.44. The van der Waals surface area contributed by atoms with E-state index in [-0.39, 0.29) is 5.91 Å². The third-order valence-corrected chi connectivity index (χ3v) is 3.59. The van der Waals surface area contributed by atoms with Crippen molar-refractivity contribution < 1.29 is 10.3 Å². The molecule has 0 spiro atoms. The van der Waals surface area contributed by atoms with E-state index in [9.17, 15) is 4.79 Å². The lowest BCUT2D eigenvalue weighted by Gasteiger charge is -2.05. The standard InChI is InChI=1S/C17H18N8O/c18-23-15-7-10-21-17(22-15)20-9-4-8-19-16(26)14-11-13(24-25-14)12-5-2-1-3-6-12/h1-3,5-7,10-11,18H,4,8-9H2,(H,19,26)(H,24,25)(H,20,21,22)/p+1. The second-order valence-electron chi connectivity index (χ2n) is 5.44. The third kappa shape index (κ3) is 4.47. The monoisotopic (exact) mass is 351 g/mol. The maximum atomic E-state index is 12.2. The molecule has 0 radical (unpaired) electrons. The van der Waals surface area contributed by atoms with Crippen LogP contribution in [0.2, 0.25) is 0 Å². The summed E-state index contributed by atoms with van der Waals surface area (Å²) in [6, 6.07) is 13.0. The van der Waals surface area contributed by atoms with Crippen molar-refractivity contribution >= 4 is 17.7 Å². The topological polar surface area (TPSA) is 134 Å². The second kappa shape index (κ2) is 8.47. The van der Waals surface area contributed by atoms with Crippen LogP contribution in [0.3, 0.4) is 0 Å². The number of hydrogen-bond donors (Lipinski definition) is 4. The van der Waals surface area contributed by atoms with Crippen molar-refractivity contribution in [2.24, 2.45) is 5.11 Å². The number of nitrogens with one attached hydrogen (secondary N) is 3. The van der Waals surface area contributed by atoms with Crippen LogP contribution in [0.1, 0.15) is 16.9 Å². The van der Waals surface area contributed by atoms with Crippen LogP contribution < -0.4 is 16.2 Å². The molecule has 2 heterocycles. The number of aromatic nitrogens is 4. The molecule has 132 valence electrons. The molecule has 0 aliphatic heterocycles. The highest BCUT2D eigenvalue weighted by Gasteiger charge is 2.10. The molecule has 1 aromatic carbocycles. The smallest absolute Gasteiger partial charge is 0.269 e. The van der Waals surface area contributed by atoms with Crippen LogP contribution in [0.4, 0.5) is 11.8 Å². The van der Waals surface area contributed by atoms with Gasteiger partial charge in [0.2, 0.25) is 11.8 Å². The summed E-state index contributed by atoms with van der Waals surface area (Å²) in [5.74, 6) is 0.660. The molecule has 26 heavy (non-hydrogen) atoms. The Hall–Kier alpha value is -3.62. The van der Waals surface area contributed by atoms with Crippen LogP contribution in [-0.4, -0.2) is 39.2 Å². The Morgan fingerprint density at radius 3 is 2.85 bits per heavy atom. The molecule has 0 saturated carbocycles. The molecule has 0 atom stereocenters. The number of benzene rings is 1. The Balaban J connectivity index is 1.43. The predicted octanol–water partition coefficient (Wildman–Crippen LogP) is 0.941. The maximum absolute atomic E-state index is 12.2. The third-order valence-electron chi connectivity index (χ3n) is 3.59. The van der Waals surface area contributed by atoms with E-state index >= 15 is 0 Å². The van der Waals surface area contributed by atoms with Crippen molar-refractivity contribution in [1.29, 1.82) is 0 Å². The maximum Gasteiger partial charge on any atom is 0.269 e. The van der Waals surface area contributed by atoms with Gasteiger partial charge in [-0.3, -0.25) is 9.89 Å². The van der Waals surface area contributed by atoms with E-state index in [1.54, 1.807) is 18.3 Å². The number of nitrogens with zero attached hydrogens (tertiary/aromatic N) is 4. The zero-order chi connectivity index (χ0) is 18.2. The highest BCUT2D eigenvalue weighted by Crippen LogP contribution is 2.16. The van der Waals surface area contributed by atoms with Crippen LogP contribution >= 0.6 is 0 Å². The van der Waals surface area contributed by atoms with E-state index in [1.807, 2.05) is 30.3 Å². The average Bonchev–Trinajstić information content (AvgIpc) is 3.19. The number of anilines is 1. The van der Waals surface area contributed by atoms with Crippen LogP contribution in [0.25, 0.3) is 11.3 Å². The largest absolute Gasteiger partial charge is 0.354 e. The van der Waals surface area contributed by atoms with Crippen molar-refractivity contribution in [1.82, 2.24) is 25.5 Å². The van der Waals surface area contributed by atoms with E-state index in [0.29, 0.717) is 37.0 Å². The fourth-order valence-electron chi connectivity index (χ4n) is 2.29. The van der Waals surface area contributed by atoms with Gasteiger partial charge in [-0.2, -0.15) is 15.6 Å². The molecular formula is C17H19N8O+. The number of hydrogen-bond acceptors (Lipinski definition) is 6. The van der Waals surface area contributed by atoms with Crippen molar-refractivity contribution in [2.75, 3.05) is 18.4 Å². The molecular weight excluding hydrogens is 332 g/mol. The molecule has 0 unspecified atom stereocenters. The number of carbonyl (C=O) groups excluding carboxylic acids is 1. The van der Waals surface area contributed by atoms with E-state index < -0.39 is 0 Å². The fraction of sp³-hybridized carbons (Fsp3) is 0.176. The van der Waals surface area contributed by atoms with Gasteiger partial charge in [0.1, 0.15) is 5.69 Å². The van der Waals surface area contributed by atoms with E-state index in [4.69, 9.17) is 5.53 Å². The van der Waals surface area contributed by atoms with Crippen LogP contribution in [0.15, 0.2) is 53.8 Å². The highest BCUT2D eigenvalue weighted by atomic mass is 16.1. The number of nitrogens with two attached hydrogens (primary N) is 1. The van der Waals surface area contributed by atoms with Gasteiger partial charge in [0, 0.05) is 36.0 Å². The molecule has 3 rings (SSSR count). The zero-order valence-corrected chi connectivity index (χ0v) is 14.0. The van der Waals surface area contributed by atoms with Crippen molar-refractivity contribution in [3.05, 3.63) is 54.4 Å². The van der Waals surface area contributed by atoms with E-state index in [0.717, 1.165) is 11.3 Å². The summed E-state index contributed by atoms with van der Waals surface area (Å²) < 4.78 is 0. The molecule has 5 N–H and O–H groups in total. The Labute approximate surface area is 149 Å². The molecule has 0 fully saturated rings. The summed E-state index contributed by atoms with van der Waals surface area (Å²) in [4.78, 5) is 20.3. The molecule has 0 aliphatic rings. The van der Waals surface area contributed by atoms with Crippen molar-refractivity contribution in [2.45, 2.75) is 6.42 Å². The van der Waals surface area contributed by atoms with Crippen molar-refractivity contribution in [3.63, 3.8) is 0 Å². The van der Waals surface area contributed by atoms with Crippen LogP contribution in [0, 0.1) is 0 Å². The minimum Gasteiger partial charge on any atom is -0.354 e. The summed E-state index contributed by atoms with van der Waals surface area (Å²) >= 11 is 0. The summed E-state index contributed by atoms with van der Waals surface area (Å²) in [6.45, 7) is 1.11. The first-order chi connectivity index (χ1) is 12.8. The summed E-state index contributed by atoms with van der Waals surface area (Å²) in [5.41, 5.74) is 7.29. The van der Waals surface area contributed by atoms with Gasteiger partial charge in [-0.1, -0.05) is 30.3 Å². The number of carbonyl (C=O) groups is 1. The minimum absolute atomic E-state index is 0.195. The molecule has 2 aromatic heterocycles. The first-order valence-electron chi connectivity index (χ1n) is 8.13. The Bertz CT molecular complexity index is 877. The lowest BCUT2D eigenvalue weighted by atomic mass is 10.1. The van der Waals surface area contributed by atoms with Gasteiger partial charge in [0.25, 0.3) is 5.91 Å². The number of rotatable bonds is 8. The van der Waals surface area contributed by atoms with Gasteiger partial charge in [-0.25, -0.2) is 4.98 Å². The zero-order valence-electron chi connectivity index (χ0n) is 14.0. The van der Waals surface area contributed by atoms with Crippen molar-refractivity contribution in [3.8, 4) is 11.3 Å². The SMILES string of the molecule is [NH2+]=Nc1ccnc(NCCCNC(=O)c2cc(-c3ccccc3)n[nH]2)n1. The molecule has 9 nitrogen and oxygen atoms in total. The highest BCUT2D eigenvalue weighted by molar-refractivity contribution is 5.93. The summed E-state index contributed by atoms with van der Waals surface area (Å²) in [7, 11) is 0. The molecule has 0 bridgehead atoms. The van der Waals surface area contributed by atoms with Gasteiger partial charge in [-0.05, 0) is 12.5 Å². The molecule has 1 amide bonds. The first-order valence-corrected chi connectivity index (χ1v) is 8.13. The lowest BCUT2D eigenvalue weighted by molar-refractivity contribution is -0.211. The summed E-state index contributed by atoms with van der Waals surface area (Å²) in [5, 5.41) is 16.3. The minimum atomic E-state index is -0.195. The summed E-state index contributed by atoms with van der Waals surface area (Å²) in [6.07, 6.45) is 2.28. The first kappa shape index (κ1) is 17.2. The predicted molar refractivity (Wildman–Crippen MR) is 95.5 cm³/mol. The van der Waals surface area contributed by atoms with Crippen LogP contribution in [0.5, 0.6) is 0 Å². The fourth-order valence-corrected chi connectivity index (χ4v) is 2.29. The Morgan fingerprint density at radius 1 is 1.19 bits per heavy atom. The van der Waals surface area contributed by atoms with E-state index in [2.05, 4.69) is 35.9 Å². The molecule has 0 aliphatic carbocycles. The molecule has 9 heteroatoms. The molecule has 0 saturated heterocycles. The Kier molecular flexibility index (Phi) is 5.61.